The maximum absolute atomic E-state index is 12.1. The first kappa shape index (κ1) is 13.6. The van der Waals surface area contributed by atoms with E-state index in [1.165, 1.54) is 24.3 Å². The van der Waals surface area contributed by atoms with Gasteiger partial charge in [0.15, 0.2) is 5.78 Å². The zero-order valence-corrected chi connectivity index (χ0v) is 10.7. The molecule has 1 aliphatic rings. The van der Waals surface area contributed by atoms with E-state index in [1.54, 1.807) is 0 Å². The minimum Gasteiger partial charge on any atom is -0.379 e. The van der Waals surface area contributed by atoms with E-state index >= 15 is 0 Å². The molecule has 1 aliphatic heterocycles. The van der Waals surface area contributed by atoms with E-state index in [2.05, 4.69) is 4.90 Å². The van der Waals surface area contributed by atoms with Crippen molar-refractivity contribution in [1.29, 1.82) is 0 Å². The van der Waals surface area contributed by atoms with Crippen LogP contribution in [0.1, 0.15) is 17.3 Å². The molecular weight excluding hydrogens is 248 g/mol. The third-order valence-electron chi connectivity index (χ3n) is 3.25. The molecule has 1 aromatic rings. The predicted octanol–water partition coefficient (Wildman–Crippen LogP) is 1.50. The quantitative estimate of drug-likeness (QED) is 0.468. The van der Waals surface area contributed by atoms with Crippen LogP contribution in [0.2, 0.25) is 0 Å². The monoisotopic (exact) mass is 264 g/mol. The molecule has 1 unspecified atom stereocenters. The molecule has 19 heavy (non-hydrogen) atoms. The first-order valence-electron chi connectivity index (χ1n) is 6.17. The lowest BCUT2D eigenvalue weighted by Gasteiger charge is -2.32. The minimum atomic E-state index is -0.474. The first-order valence-corrected chi connectivity index (χ1v) is 6.17. The second-order valence-electron chi connectivity index (χ2n) is 4.62. The highest BCUT2D eigenvalue weighted by Gasteiger charge is 2.21. The summed E-state index contributed by atoms with van der Waals surface area (Å²) in [7, 11) is 0. The highest BCUT2D eigenvalue weighted by atomic mass is 16.6. The fourth-order valence-electron chi connectivity index (χ4n) is 2.04. The Labute approximate surface area is 111 Å². The van der Waals surface area contributed by atoms with Gasteiger partial charge in [-0.15, -0.1) is 0 Å². The van der Waals surface area contributed by atoms with E-state index in [0.717, 1.165) is 6.54 Å². The summed E-state index contributed by atoms with van der Waals surface area (Å²) in [4.78, 5) is 24.2. The smallest absolute Gasteiger partial charge is 0.269 e. The highest BCUT2D eigenvalue weighted by molar-refractivity contribution is 5.97. The number of hydrogen-bond donors (Lipinski definition) is 0. The van der Waals surface area contributed by atoms with Crippen molar-refractivity contribution >= 4 is 11.5 Å². The van der Waals surface area contributed by atoms with Gasteiger partial charge >= 0.3 is 0 Å². The van der Waals surface area contributed by atoms with E-state index < -0.39 is 4.92 Å². The van der Waals surface area contributed by atoms with Crippen molar-refractivity contribution in [3.05, 3.63) is 39.9 Å². The van der Waals surface area contributed by atoms with Crippen LogP contribution < -0.4 is 0 Å². The number of ether oxygens (including phenoxy) is 1. The maximum atomic E-state index is 12.1. The predicted molar refractivity (Wildman–Crippen MR) is 69.3 cm³/mol. The van der Waals surface area contributed by atoms with Gasteiger partial charge in [0, 0.05) is 30.3 Å². The second-order valence-corrected chi connectivity index (χ2v) is 4.62. The summed E-state index contributed by atoms with van der Waals surface area (Å²) in [5.74, 6) is -0.0244. The number of nitro groups is 1. The summed E-state index contributed by atoms with van der Waals surface area (Å²) in [6.45, 7) is 4.34. The van der Waals surface area contributed by atoms with Gasteiger partial charge in [-0.3, -0.25) is 19.8 Å². The number of hydrogen-bond acceptors (Lipinski definition) is 5. The standard InChI is InChI=1S/C13H16N2O4/c1-10-9-19-7-6-14(10)8-13(16)11-2-4-12(5-3-11)15(17)18/h2-5,10H,6-9H2,1H3. The van der Waals surface area contributed by atoms with Gasteiger partial charge < -0.3 is 4.74 Å². The third-order valence-corrected chi connectivity index (χ3v) is 3.25. The third kappa shape index (κ3) is 3.36. The molecule has 1 atom stereocenters. The van der Waals surface area contributed by atoms with Crippen LogP contribution in [0.25, 0.3) is 0 Å². The van der Waals surface area contributed by atoms with Crippen LogP contribution in [0.5, 0.6) is 0 Å². The summed E-state index contributed by atoms with van der Waals surface area (Å²) in [5, 5.41) is 10.5. The molecule has 1 fully saturated rings. The van der Waals surface area contributed by atoms with Crippen molar-refractivity contribution in [3.63, 3.8) is 0 Å². The number of carbonyl (C=O) groups excluding carboxylic acids is 1. The van der Waals surface area contributed by atoms with E-state index in [9.17, 15) is 14.9 Å². The molecule has 0 saturated carbocycles. The molecule has 0 radical (unpaired) electrons. The molecule has 6 heteroatoms. The van der Waals surface area contributed by atoms with Crippen molar-refractivity contribution in [2.75, 3.05) is 26.3 Å². The Morgan fingerprint density at radius 3 is 2.74 bits per heavy atom. The van der Waals surface area contributed by atoms with Crippen molar-refractivity contribution in [2.24, 2.45) is 0 Å². The number of Topliss-reactive ketones (excluding diaryl/α,β-unsaturated/α-hetero) is 1. The molecule has 0 aromatic heterocycles. The summed E-state index contributed by atoms with van der Waals surface area (Å²) in [6.07, 6.45) is 0. The van der Waals surface area contributed by atoms with Crippen LogP contribution in [0.15, 0.2) is 24.3 Å². The fraction of sp³-hybridized carbons (Fsp3) is 0.462. The Morgan fingerprint density at radius 2 is 2.16 bits per heavy atom. The summed E-state index contributed by atoms with van der Waals surface area (Å²) >= 11 is 0. The summed E-state index contributed by atoms with van der Waals surface area (Å²) < 4.78 is 5.31. The Bertz CT molecular complexity index is 472. The number of rotatable bonds is 4. The van der Waals surface area contributed by atoms with Crippen LogP contribution in [0.4, 0.5) is 5.69 Å². The van der Waals surface area contributed by atoms with E-state index in [4.69, 9.17) is 4.74 Å². The normalized spacial score (nSPS) is 20.2. The molecule has 102 valence electrons. The van der Waals surface area contributed by atoms with Crippen molar-refractivity contribution < 1.29 is 14.5 Å². The summed E-state index contributed by atoms with van der Waals surface area (Å²) in [6, 6.07) is 5.94. The van der Waals surface area contributed by atoms with Gasteiger partial charge in [0.1, 0.15) is 0 Å². The Morgan fingerprint density at radius 1 is 1.47 bits per heavy atom. The molecular formula is C13H16N2O4. The van der Waals surface area contributed by atoms with E-state index in [-0.39, 0.29) is 17.5 Å². The molecule has 0 amide bonds. The molecule has 0 spiro atoms. The fourth-order valence-corrected chi connectivity index (χ4v) is 2.04. The number of benzene rings is 1. The lowest BCUT2D eigenvalue weighted by molar-refractivity contribution is -0.384. The van der Waals surface area contributed by atoms with Crippen LogP contribution in [-0.4, -0.2) is 48.0 Å². The van der Waals surface area contributed by atoms with Crippen molar-refractivity contribution in [2.45, 2.75) is 13.0 Å². The number of non-ortho nitro benzene ring substituents is 1. The van der Waals surface area contributed by atoms with Crippen LogP contribution in [0, 0.1) is 10.1 Å². The number of morpholine rings is 1. The molecule has 0 bridgehead atoms. The van der Waals surface area contributed by atoms with E-state index in [1.807, 2.05) is 6.92 Å². The molecule has 1 saturated heterocycles. The summed E-state index contributed by atoms with van der Waals surface area (Å²) in [5.41, 5.74) is 0.501. The topological polar surface area (TPSA) is 72.7 Å². The van der Waals surface area contributed by atoms with Gasteiger partial charge in [0.2, 0.25) is 0 Å². The second kappa shape index (κ2) is 5.90. The average Bonchev–Trinajstić information content (AvgIpc) is 2.41. The largest absolute Gasteiger partial charge is 0.379 e. The molecule has 2 rings (SSSR count). The van der Waals surface area contributed by atoms with E-state index in [0.29, 0.717) is 25.3 Å². The highest BCUT2D eigenvalue weighted by Crippen LogP contribution is 2.14. The van der Waals surface area contributed by atoms with Gasteiger partial charge in [-0.2, -0.15) is 0 Å². The van der Waals surface area contributed by atoms with Crippen LogP contribution in [-0.2, 0) is 4.74 Å². The molecule has 1 aromatic carbocycles. The number of nitrogens with zero attached hydrogens (tertiary/aromatic N) is 2. The average molecular weight is 264 g/mol. The zero-order valence-electron chi connectivity index (χ0n) is 10.7. The van der Waals surface area contributed by atoms with Gasteiger partial charge in [0.25, 0.3) is 5.69 Å². The maximum Gasteiger partial charge on any atom is 0.269 e. The Hall–Kier alpha value is -1.79. The van der Waals surface area contributed by atoms with Crippen molar-refractivity contribution in [1.82, 2.24) is 4.90 Å². The van der Waals surface area contributed by atoms with Gasteiger partial charge in [-0.1, -0.05) is 0 Å². The SMILES string of the molecule is CC1COCCN1CC(=O)c1ccc([N+](=O)[O-])cc1. The Balaban J connectivity index is 2.01. The van der Waals surface area contributed by atoms with Gasteiger partial charge in [-0.25, -0.2) is 0 Å². The van der Waals surface area contributed by atoms with Crippen molar-refractivity contribution in [3.8, 4) is 0 Å². The van der Waals surface area contributed by atoms with Gasteiger partial charge in [-0.05, 0) is 19.1 Å². The molecule has 0 aliphatic carbocycles. The number of ketones is 1. The molecule has 0 N–H and O–H groups in total. The van der Waals surface area contributed by atoms with Gasteiger partial charge in [0.05, 0.1) is 24.7 Å². The van der Waals surface area contributed by atoms with Crippen LogP contribution >= 0.6 is 0 Å². The molecule has 6 nitrogen and oxygen atoms in total. The lowest BCUT2D eigenvalue weighted by Crippen LogP contribution is -2.45. The lowest BCUT2D eigenvalue weighted by atomic mass is 10.1. The minimum absolute atomic E-state index is 0.00343. The first-order chi connectivity index (χ1) is 9.08. The molecule has 1 heterocycles. The Kier molecular flexibility index (Phi) is 4.24. The zero-order chi connectivity index (χ0) is 13.8. The van der Waals surface area contributed by atoms with Crippen LogP contribution in [0.3, 0.4) is 0 Å². The number of nitro benzene ring substituents is 1. The number of carbonyl (C=O) groups is 1.